The van der Waals surface area contributed by atoms with Gasteiger partial charge in [0.2, 0.25) is 5.91 Å². The number of benzene rings is 2. The van der Waals surface area contributed by atoms with E-state index in [9.17, 15) is 22.8 Å². The molecule has 10 heteroatoms. The summed E-state index contributed by atoms with van der Waals surface area (Å²) in [6.45, 7) is 1.47. The molecule has 0 fully saturated rings. The maximum absolute atomic E-state index is 13.6. The second kappa shape index (κ2) is 9.77. The van der Waals surface area contributed by atoms with Gasteiger partial charge in [-0.3, -0.25) is 9.59 Å². The summed E-state index contributed by atoms with van der Waals surface area (Å²) in [5.41, 5.74) is 1.83. The van der Waals surface area contributed by atoms with Crippen LogP contribution in [0.1, 0.15) is 21.6 Å². The molecule has 0 unspecified atom stereocenters. The van der Waals surface area contributed by atoms with Gasteiger partial charge < -0.3 is 10.6 Å². The smallest absolute Gasteiger partial charge is 0.251 e. The first-order chi connectivity index (χ1) is 14.3. The minimum atomic E-state index is -1.68. The number of aryl methyl sites for hydroxylation is 1. The predicted octanol–water partition coefficient (Wildman–Crippen LogP) is 4.53. The molecule has 0 saturated heterocycles. The number of carbonyl (C=O) groups excluding carboxylic acids is 2. The Morgan fingerprint density at radius 3 is 2.47 bits per heavy atom. The summed E-state index contributed by atoms with van der Waals surface area (Å²) in [4.78, 5) is 28.4. The fourth-order valence-corrected chi connectivity index (χ4v) is 4.18. The first-order valence-electron chi connectivity index (χ1n) is 8.69. The average molecular weight is 451 g/mol. The molecule has 2 amide bonds. The van der Waals surface area contributed by atoms with E-state index in [0.29, 0.717) is 17.4 Å². The molecule has 30 heavy (non-hydrogen) atoms. The Morgan fingerprint density at radius 2 is 1.80 bits per heavy atom. The van der Waals surface area contributed by atoms with E-state index in [2.05, 4.69) is 15.6 Å². The Labute approximate surface area is 178 Å². The van der Waals surface area contributed by atoms with Gasteiger partial charge in [-0.25, -0.2) is 18.2 Å². The van der Waals surface area contributed by atoms with Crippen LogP contribution in [0.4, 0.5) is 18.9 Å². The van der Waals surface area contributed by atoms with Crippen LogP contribution in [-0.2, 0) is 10.5 Å². The van der Waals surface area contributed by atoms with Gasteiger partial charge in [0.15, 0.2) is 17.5 Å². The quantitative estimate of drug-likeness (QED) is 0.409. The van der Waals surface area contributed by atoms with Crippen LogP contribution in [0.25, 0.3) is 0 Å². The third-order valence-electron chi connectivity index (χ3n) is 3.90. The van der Waals surface area contributed by atoms with Crippen molar-refractivity contribution in [3.05, 3.63) is 76.1 Å². The minimum Gasteiger partial charge on any atom is -0.343 e. The van der Waals surface area contributed by atoms with E-state index in [-0.39, 0.29) is 0 Å². The molecule has 0 aliphatic rings. The summed E-state index contributed by atoms with van der Waals surface area (Å²) in [6.07, 6.45) is 0. The van der Waals surface area contributed by atoms with Gasteiger partial charge in [0.05, 0.1) is 12.2 Å². The van der Waals surface area contributed by atoms with Crippen molar-refractivity contribution in [1.82, 2.24) is 10.3 Å². The van der Waals surface area contributed by atoms with Gasteiger partial charge in [0.25, 0.3) is 5.91 Å². The summed E-state index contributed by atoms with van der Waals surface area (Å²) < 4.78 is 40.6. The molecule has 0 bridgehead atoms. The molecule has 156 valence electrons. The summed E-state index contributed by atoms with van der Waals surface area (Å²) in [5, 5.41) is 6.45. The number of hydrogen-bond acceptors (Lipinski definition) is 5. The highest BCUT2D eigenvalue weighted by Gasteiger charge is 2.16. The maximum Gasteiger partial charge on any atom is 0.251 e. The number of anilines is 1. The number of hydrogen-bond donors (Lipinski definition) is 2. The van der Waals surface area contributed by atoms with Crippen molar-refractivity contribution in [1.29, 1.82) is 0 Å². The Hall–Kier alpha value is -2.85. The molecular formula is C20H16F3N3O2S2. The van der Waals surface area contributed by atoms with Gasteiger partial charge in [-0.1, -0.05) is 23.9 Å². The minimum absolute atomic E-state index is 0.348. The topological polar surface area (TPSA) is 71.1 Å². The number of nitrogens with zero attached hydrogens (tertiary/aromatic N) is 1. The van der Waals surface area contributed by atoms with Crippen molar-refractivity contribution >= 4 is 40.6 Å². The number of thiazole rings is 1. The second-order valence-corrected chi connectivity index (χ2v) is 8.27. The Bertz CT molecular complexity index is 1070. The van der Waals surface area contributed by atoms with Crippen LogP contribution in [0.5, 0.6) is 0 Å². The van der Waals surface area contributed by atoms with E-state index >= 15 is 0 Å². The lowest BCUT2D eigenvalue weighted by Crippen LogP contribution is -2.33. The van der Waals surface area contributed by atoms with E-state index in [4.69, 9.17) is 0 Å². The van der Waals surface area contributed by atoms with Gasteiger partial charge in [0, 0.05) is 22.4 Å². The normalized spacial score (nSPS) is 10.7. The van der Waals surface area contributed by atoms with Gasteiger partial charge in [-0.15, -0.1) is 11.3 Å². The van der Waals surface area contributed by atoms with Crippen molar-refractivity contribution in [3.8, 4) is 0 Å². The molecular weight excluding hydrogens is 435 g/mol. The van der Waals surface area contributed by atoms with Gasteiger partial charge in [-0.05, 0) is 36.8 Å². The Balaban J connectivity index is 1.49. The Morgan fingerprint density at radius 1 is 1.07 bits per heavy atom. The van der Waals surface area contributed by atoms with E-state index in [1.165, 1.54) is 0 Å². The van der Waals surface area contributed by atoms with E-state index in [0.717, 1.165) is 21.7 Å². The average Bonchev–Trinajstić information content (AvgIpc) is 3.16. The molecule has 0 spiro atoms. The summed E-state index contributed by atoms with van der Waals surface area (Å²) in [6, 6.07) is 8.47. The molecule has 1 aromatic heterocycles. The molecule has 3 aromatic rings. The molecule has 1 heterocycles. The van der Waals surface area contributed by atoms with Crippen molar-refractivity contribution in [2.45, 2.75) is 17.0 Å². The number of halogens is 3. The predicted molar refractivity (Wildman–Crippen MR) is 110 cm³/mol. The third kappa shape index (κ3) is 5.61. The van der Waals surface area contributed by atoms with Crippen LogP contribution < -0.4 is 10.6 Å². The highest BCUT2D eigenvalue weighted by Crippen LogP contribution is 2.26. The summed E-state index contributed by atoms with van der Waals surface area (Å²) in [5.74, 6) is -5.11. The molecule has 2 aromatic carbocycles. The van der Waals surface area contributed by atoms with Crippen LogP contribution in [-0.4, -0.2) is 23.3 Å². The largest absolute Gasteiger partial charge is 0.343 e. The van der Waals surface area contributed by atoms with E-state index < -0.39 is 41.5 Å². The molecule has 2 N–H and O–H groups in total. The third-order valence-corrected chi connectivity index (χ3v) is 6.11. The zero-order chi connectivity index (χ0) is 21.7. The van der Waals surface area contributed by atoms with Gasteiger partial charge in [0.1, 0.15) is 4.34 Å². The SMILES string of the molecule is Cc1csc(SCc2ccc(C(=O)NCC(=O)Nc3ccc(F)c(F)c3F)cc2)n1. The molecule has 0 aliphatic heterocycles. The fourth-order valence-electron chi connectivity index (χ4n) is 2.38. The Kier molecular flexibility index (Phi) is 7.11. The molecule has 3 rings (SSSR count). The molecule has 5 nitrogen and oxygen atoms in total. The fraction of sp³-hybridized carbons (Fsp3) is 0.150. The van der Waals surface area contributed by atoms with Crippen molar-refractivity contribution in [2.24, 2.45) is 0 Å². The molecule has 0 aliphatic carbocycles. The number of rotatable bonds is 7. The standard InChI is InChI=1S/C20H16F3N3O2S2/c1-11-9-29-20(25-11)30-10-12-2-4-13(5-3-12)19(28)24-8-16(27)26-15-7-6-14(21)17(22)18(15)23/h2-7,9H,8,10H2,1H3,(H,24,28)(H,26,27). The number of aromatic nitrogens is 1. The van der Waals surface area contributed by atoms with Crippen molar-refractivity contribution < 1.29 is 22.8 Å². The van der Waals surface area contributed by atoms with Crippen LogP contribution in [0, 0.1) is 24.4 Å². The van der Waals surface area contributed by atoms with Crippen LogP contribution >= 0.6 is 23.1 Å². The van der Waals surface area contributed by atoms with Crippen LogP contribution in [0.3, 0.4) is 0 Å². The van der Waals surface area contributed by atoms with Crippen LogP contribution in [0.15, 0.2) is 46.1 Å². The zero-order valence-electron chi connectivity index (χ0n) is 15.7. The summed E-state index contributed by atoms with van der Waals surface area (Å²) >= 11 is 3.18. The monoisotopic (exact) mass is 451 g/mol. The molecule has 0 saturated carbocycles. The number of carbonyl (C=O) groups is 2. The lowest BCUT2D eigenvalue weighted by molar-refractivity contribution is -0.115. The van der Waals surface area contributed by atoms with E-state index in [1.54, 1.807) is 47.4 Å². The number of amides is 2. The maximum atomic E-state index is 13.6. The highest BCUT2D eigenvalue weighted by atomic mass is 32.2. The molecule has 0 atom stereocenters. The lowest BCUT2D eigenvalue weighted by Gasteiger charge is -2.09. The number of thioether (sulfide) groups is 1. The zero-order valence-corrected chi connectivity index (χ0v) is 17.3. The van der Waals surface area contributed by atoms with E-state index in [1.807, 2.05) is 12.3 Å². The first-order valence-corrected chi connectivity index (χ1v) is 10.6. The van der Waals surface area contributed by atoms with Gasteiger partial charge >= 0.3 is 0 Å². The second-order valence-electron chi connectivity index (χ2n) is 6.19. The highest BCUT2D eigenvalue weighted by molar-refractivity contribution is 8.00. The van der Waals surface area contributed by atoms with Gasteiger partial charge in [-0.2, -0.15) is 0 Å². The van der Waals surface area contributed by atoms with Crippen molar-refractivity contribution in [2.75, 3.05) is 11.9 Å². The number of nitrogens with one attached hydrogen (secondary N) is 2. The molecule has 0 radical (unpaired) electrons. The first kappa shape index (κ1) is 21.8. The summed E-state index contributed by atoms with van der Waals surface area (Å²) in [7, 11) is 0. The van der Waals surface area contributed by atoms with Crippen molar-refractivity contribution in [3.63, 3.8) is 0 Å². The lowest BCUT2D eigenvalue weighted by atomic mass is 10.1. The van der Waals surface area contributed by atoms with Crippen LogP contribution in [0.2, 0.25) is 0 Å².